The predicted molar refractivity (Wildman–Crippen MR) is 87.3 cm³/mol. The molecule has 1 aromatic rings. The van der Waals surface area contributed by atoms with E-state index in [0.717, 1.165) is 6.54 Å². The van der Waals surface area contributed by atoms with E-state index < -0.39 is 0 Å². The van der Waals surface area contributed by atoms with Crippen molar-refractivity contribution in [1.82, 2.24) is 5.32 Å². The Morgan fingerprint density at radius 2 is 2.05 bits per heavy atom. The third-order valence-electron chi connectivity index (χ3n) is 3.85. The summed E-state index contributed by atoms with van der Waals surface area (Å²) in [5.41, 5.74) is 4.71. The zero-order valence-electron chi connectivity index (χ0n) is 12.4. The molecule has 0 radical (unpaired) electrons. The van der Waals surface area contributed by atoms with Crippen LogP contribution in [0.5, 0.6) is 0 Å². The number of rotatable bonds is 8. The van der Waals surface area contributed by atoms with Crippen molar-refractivity contribution in [3.05, 3.63) is 34.9 Å². The molecule has 106 valence electrons. The first kappa shape index (κ1) is 14.9. The molecule has 0 fully saturated rings. The Bertz CT molecular complexity index is 381. The fraction of sp³-hybridized carbons (Fsp3) is 0.647. The van der Waals surface area contributed by atoms with Crippen LogP contribution in [0.3, 0.4) is 0 Å². The third kappa shape index (κ3) is 4.54. The van der Waals surface area contributed by atoms with Gasteiger partial charge >= 0.3 is 0 Å². The van der Waals surface area contributed by atoms with Gasteiger partial charge in [0.1, 0.15) is 0 Å². The normalized spacial score (nSPS) is 15.5. The zero-order chi connectivity index (χ0) is 13.5. The Labute approximate surface area is 122 Å². The molecule has 2 heteroatoms. The van der Waals surface area contributed by atoms with Gasteiger partial charge in [-0.05, 0) is 61.1 Å². The SMILES string of the molecule is CCCNC(CSCC)Cc1ccc2c(c1)CCC2. The summed E-state index contributed by atoms with van der Waals surface area (Å²) in [6.45, 7) is 5.63. The van der Waals surface area contributed by atoms with E-state index in [4.69, 9.17) is 0 Å². The smallest absolute Gasteiger partial charge is 0.0198 e. The number of hydrogen-bond donors (Lipinski definition) is 1. The number of thioether (sulfide) groups is 1. The number of fused-ring (bicyclic) bond motifs is 1. The Hall–Kier alpha value is -0.470. The monoisotopic (exact) mass is 277 g/mol. The summed E-state index contributed by atoms with van der Waals surface area (Å²) < 4.78 is 0. The highest BCUT2D eigenvalue weighted by molar-refractivity contribution is 7.99. The summed E-state index contributed by atoms with van der Waals surface area (Å²) in [5, 5.41) is 3.70. The van der Waals surface area contributed by atoms with Crippen LogP contribution < -0.4 is 5.32 Å². The average molecular weight is 277 g/mol. The van der Waals surface area contributed by atoms with Crippen molar-refractivity contribution in [2.45, 2.75) is 52.0 Å². The van der Waals surface area contributed by atoms with Crippen molar-refractivity contribution in [3.63, 3.8) is 0 Å². The number of aryl methyl sites for hydroxylation is 2. The van der Waals surface area contributed by atoms with E-state index in [1.54, 1.807) is 11.1 Å². The average Bonchev–Trinajstić information content (AvgIpc) is 2.89. The first-order valence-electron chi connectivity index (χ1n) is 7.75. The lowest BCUT2D eigenvalue weighted by Crippen LogP contribution is -2.34. The summed E-state index contributed by atoms with van der Waals surface area (Å²) in [6.07, 6.45) is 6.33. The molecule has 0 spiro atoms. The second kappa shape index (κ2) is 7.96. The number of hydrogen-bond acceptors (Lipinski definition) is 2. The topological polar surface area (TPSA) is 12.0 Å². The molecule has 0 bridgehead atoms. The van der Waals surface area contributed by atoms with Gasteiger partial charge in [-0.1, -0.05) is 32.0 Å². The van der Waals surface area contributed by atoms with Crippen LogP contribution in [-0.2, 0) is 19.3 Å². The van der Waals surface area contributed by atoms with E-state index in [1.807, 2.05) is 11.8 Å². The standard InChI is InChI=1S/C17H27NS/c1-3-10-18-17(13-19-4-2)12-14-8-9-15-6-5-7-16(15)11-14/h8-9,11,17-18H,3-7,10,12-13H2,1-2H3. The molecule has 1 unspecified atom stereocenters. The van der Waals surface area contributed by atoms with Crippen LogP contribution in [0.4, 0.5) is 0 Å². The van der Waals surface area contributed by atoms with Crippen LogP contribution in [0.15, 0.2) is 18.2 Å². The first-order valence-corrected chi connectivity index (χ1v) is 8.90. The molecule has 1 aliphatic carbocycles. The first-order chi connectivity index (χ1) is 9.33. The van der Waals surface area contributed by atoms with E-state index in [0.29, 0.717) is 6.04 Å². The molecule has 19 heavy (non-hydrogen) atoms. The van der Waals surface area contributed by atoms with Crippen LogP contribution in [0.2, 0.25) is 0 Å². The van der Waals surface area contributed by atoms with Gasteiger partial charge in [-0.15, -0.1) is 0 Å². The van der Waals surface area contributed by atoms with E-state index in [2.05, 4.69) is 37.4 Å². The molecule has 0 aromatic heterocycles. The van der Waals surface area contributed by atoms with Gasteiger partial charge < -0.3 is 5.32 Å². The second-order valence-electron chi connectivity index (χ2n) is 5.47. The number of benzene rings is 1. The van der Waals surface area contributed by atoms with Crippen molar-refractivity contribution >= 4 is 11.8 Å². The Morgan fingerprint density at radius 1 is 1.21 bits per heavy atom. The van der Waals surface area contributed by atoms with Gasteiger partial charge in [-0.3, -0.25) is 0 Å². The van der Waals surface area contributed by atoms with E-state index in [9.17, 15) is 0 Å². The lowest BCUT2D eigenvalue weighted by Gasteiger charge is -2.18. The summed E-state index contributed by atoms with van der Waals surface area (Å²) >= 11 is 2.05. The van der Waals surface area contributed by atoms with Crippen molar-refractivity contribution in [3.8, 4) is 0 Å². The lowest BCUT2D eigenvalue weighted by molar-refractivity contribution is 0.550. The lowest BCUT2D eigenvalue weighted by atomic mass is 10.0. The van der Waals surface area contributed by atoms with Gasteiger partial charge in [0.15, 0.2) is 0 Å². The maximum atomic E-state index is 3.70. The zero-order valence-corrected chi connectivity index (χ0v) is 13.2. The van der Waals surface area contributed by atoms with Crippen LogP contribution in [-0.4, -0.2) is 24.1 Å². The van der Waals surface area contributed by atoms with Gasteiger partial charge in [0.2, 0.25) is 0 Å². The minimum atomic E-state index is 0.629. The Balaban J connectivity index is 1.95. The van der Waals surface area contributed by atoms with Crippen molar-refractivity contribution < 1.29 is 0 Å². The summed E-state index contributed by atoms with van der Waals surface area (Å²) in [5.74, 6) is 2.45. The highest BCUT2D eigenvalue weighted by atomic mass is 32.2. The Kier molecular flexibility index (Phi) is 6.25. The van der Waals surface area contributed by atoms with Crippen LogP contribution >= 0.6 is 11.8 Å². The van der Waals surface area contributed by atoms with Crippen LogP contribution in [0.25, 0.3) is 0 Å². The quantitative estimate of drug-likeness (QED) is 0.775. The van der Waals surface area contributed by atoms with Crippen molar-refractivity contribution in [2.24, 2.45) is 0 Å². The summed E-state index contributed by atoms with van der Waals surface area (Å²) in [4.78, 5) is 0. The van der Waals surface area contributed by atoms with Crippen LogP contribution in [0.1, 0.15) is 43.4 Å². The van der Waals surface area contributed by atoms with Crippen molar-refractivity contribution in [2.75, 3.05) is 18.1 Å². The molecule has 1 aliphatic rings. The minimum absolute atomic E-state index is 0.629. The molecule has 0 amide bonds. The van der Waals surface area contributed by atoms with Gasteiger partial charge in [0, 0.05) is 11.8 Å². The Morgan fingerprint density at radius 3 is 2.84 bits per heavy atom. The fourth-order valence-corrected chi connectivity index (χ4v) is 3.59. The fourth-order valence-electron chi connectivity index (χ4n) is 2.84. The van der Waals surface area contributed by atoms with E-state index >= 15 is 0 Å². The van der Waals surface area contributed by atoms with Gasteiger partial charge in [-0.25, -0.2) is 0 Å². The van der Waals surface area contributed by atoms with Gasteiger partial charge in [-0.2, -0.15) is 11.8 Å². The predicted octanol–water partition coefficient (Wildman–Crippen LogP) is 3.84. The van der Waals surface area contributed by atoms with Crippen LogP contribution in [0, 0.1) is 0 Å². The summed E-state index contributed by atoms with van der Waals surface area (Å²) in [6, 6.07) is 7.80. The van der Waals surface area contributed by atoms with Crippen molar-refractivity contribution in [1.29, 1.82) is 0 Å². The third-order valence-corrected chi connectivity index (χ3v) is 4.90. The van der Waals surface area contributed by atoms with Gasteiger partial charge in [0.25, 0.3) is 0 Å². The largest absolute Gasteiger partial charge is 0.313 e. The molecule has 0 saturated carbocycles. The van der Waals surface area contributed by atoms with Gasteiger partial charge in [0.05, 0.1) is 0 Å². The molecule has 2 rings (SSSR count). The molecule has 1 atom stereocenters. The molecule has 0 aliphatic heterocycles. The van der Waals surface area contributed by atoms with E-state index in [-0.39, 0.29) is 0 Å². The molecule has 0 heterocycles. The molecule has 1 nitrogen and oxygen atoms in total. The maximum absolute atomic E-state index is 3.70. The second-order valence-corrected chi connectivity index (χ2v) is 6.79. The molecule has 0 saturated heterocycles. The van der Waals surface area contributed by atoms with E-state index in [1.165, 1.54) is 49.2 Å². The maximum Gasteiger partial charge on any atom is 0.0198 e. The minimum Gasteiger partial charge on any atom is -0.313 e. The highest BCUT2D eigenvalue weighted by Crippen LogP contribution is 2.23. The molecular formula is C17H27NS. The summed E-state index contributed by atoms with van der Waals surface area (Å²) in [7, 11) is 0. The highest BCUT2D eigenvalue weighted by Gasteiger charge is 2.13. The number of nitrogens with one attached hydrogen (secondary N) is 1. The molecular weight excluding hydrogens is 250 g/mol. The molecule has 1 aromatic carbocycles. The molecule has 1 N–H and O–H groups in total.